The third-order valence-corrected chi connectivity index (χ3v) is 3.79. The maximum atomic E-state index is 11.2. The molecule has 22 heavy (non-hydrogen) atoms. The van der Waals surface area contributed by atoms with Crippen molar-refractivity contribution in [2.45, 2.75) is 51.9 Å². The summed E-state index contributed by atoms with van der Waals surface area (Å²) in [5.41, 5.74) is -0.475. The molecule has 0 radical (unpaired) electrons. The SMILES string of the molecule is CCCCCC/C(C(=O)O)=C(\CCCS(=O)(=O)O)C(=O)O.[NaH]. The summed E-state index contributed by atoms with van der Waals surface area (Å²) >= 11 is 0. The van der Waals surface area contributed by atoms with Crippen LogP contribution in [0.25, 0.3) is 0 Å². The fourth-order valence-corrected chi connectivity index (χ4v) is 2.44. The molecule has 0 saturated heterocycles. The van der Waals surface area contributed by atoms with Gasteiger partial charge in [-0.2, -0.15) is 8.42 Å². The van der Waals surface area contributed by atoms with Gasteiger partial charge in [-0.1, -0.05) is 26.2 Å². The molecule has 0 fully saturated rings. The van der Waals surface area contributed by atoms with Crippen molar-refractivity contribution in [3.8, 4) is 0 Å². The van der Waals surface area contributed by atoms with Gasteiger partial charge >= 0.3 is 41.5 Å². The van der Waals surface area contributed by atoms with Crippen molar-refractivity contribution in [3.63, 3.8) is 0 Å². The van der Waals surface area contributed by atoms with Gasteiger partial charge in [0.05, 0.1) is 5.75 Å². The van der Waals surface area contributed by atoms with Gasteiger partial charge in [0.25, 0.3) is 10.1 Å². The Morgan fingerprint density at radius 1 is 0.864 bits per heavy atom. The molecule has 0 bridgehead atoms. The molecular formula is C13H23NaO7S. The Kier molecular flexibility index (Phi) is 13.1. The van der Waals surface area contributed by atoms with E-state index in [-0.39, 0.29) is 60.0 Å². The first-order chi connectivity index (χ1) is 9.69. The Morgan fingerprint density at radius 2 is 1.32 bits per heavy atom. The van der Waals surface area contributed by atoms with Crippen molar-refractivity contribution in [1.82, 2.24) is 0 Å². The first-order valence-electron chi connectivity index (χ1n) is 6.82. The number of carboxylic acids is 2. The summed E-state index contributed by atoms with van der Waals surface area (Å²) in [7, 11) is -4.18. The Morgan fingerprint density at radius 3 is 1.68 bits per heavy atom. The van der Waals surface area contributed by atoms with Crippen LogP contribution in [0.2, 0.25) is 0 Å². The van der Waals surface area contributed by atoms with Crippen molar-refractivity contribution in [3.05, 3.63) is 11.1 Å². The molecule has 0 spiro atoms. The minimum atomic E-state index is -4.18. The van der Waals surface area contributed by atoms with E-state index in [1.54, 1.807) is 0 Å². The number of hydrogen-bond donors (Lipinski definition) is 3. The normalized spacial score (nSPS) is 12.3. The van der Waals surface area contributed by atoms with Crippen LogP contribution < -0.4 is 0 Å². The summed E-state index contributed by atoms with van der Waals surface area (Å²) in [5.74, 6) is -3.25. The molecule has 0 aromatic rings. The Hall–Kier alpha value is -0.410. The van der Waals surface area contributed by atoms with Crippen LogP contribution in [0.3, 0.4) is 0 Å². The molecule has 7 nitrogen and oxygen atoms in total. The van der Waals surface area contributed by atoms with Crippen molar-refractivity contribution < 1.29 is 32.8 Å². The summed E-state index contributed by atoms with van der Waals surface area (Å²) < 4.78 is 29.8. The molecule has 0 amide bonds. The van der Waals surface area contributed by atoms with Crippen LogP contribution in [0, 0.1) is 0 Å². The summed E-state index contributed by atoms with van der Waals surface area (Å²) in [5, 5.41) is 18.2. The van der Waals surface area contributed by atoms with E-state index >= 15 is 0 Å². The fourth-order valence-electron chi connectivity index (χ4n) is 1.93. The molecule has 0 aliphatic rings. The number of rotatable bonds is 11. The van der Waals surface area contributed by atoms with E-state index in [0.29, 0.717) is 6.42 Å². The molecule has 0 heterocycles. The fraction of sp³-hybridized carbons (Fsp3) is 0.692. The quantitative estimate of drug-likeness (QED) is 0.223. The molecule has 0 rings (SSSR count). The molecule has 9 heteroatoms. The van der Waals surface area contributed by atoms with Crippen LogP contribution >= 0.6 is 0 Å². The second kappa shape index (κ2) is 12.1. The van der Waals surface area contributed by atoms with Gasteiger partial charge in [0.2, 0.25) is 0 Å². The molecule has 0 atom stereocenters. The van der Waals surface area contributed by atoms with Crippen LogP contribution in [-0.4, -0.2) is 70.4 Å². The summed E-state index contributed by atoms with van der Waals surface area (Å²) in [6.45, 7) is 2.01. The topological polar surface area (TPSA) is 129 Å². The first kappa shape index (κ1) is 23.9. The van der Waals surface area contributed by atoms with Gasteiger partial charge in [0.1, 0.15) is 0 Å². The first-order valence-corrected chi connectivity index (χ1v) is 8.43. The predicted molar refractivity (Wildman–Crippen MR) is 83.9 cm³/mol. The average Bonchev–Trinajstić information content (AvgIpc) is 2.34. The van der Waals surface area contributed by atoms with Gasteiger partial charge in [-0.15, -0.1) is 0 Å². The van der Waals surface area contributed by atoms with Gasteiger partial charge < -0.3 is 10.2 Å². The zero-order valence-corrected chi connectivity index (χ0v) is 12.9. The van der Waals surface area contributed by atoms with Gasteiger partial charge in [0, 0.05) is 11.1 Å². The molecule has 3 N–H and O–H groups in total. The van der Waals surface area contributed by atoms with E-state index in [2.05, 4.69) is 0 Å². The third-order valence-electron chi connectivity index (χ3n) is 2.99. The molecular weight excluding hydrogens is 323 g/mol. The van der Waals surface area contributed by atoms with E-state index in [4.69, 9.17) is 14.8 Å². The predicted octanol–water partition coefficient (Wildman–Crippen LogP) is 1.44. The summed E-state index contributed by atoms with van der Waals surface area (Å²) in [6, 6.07) is 0. The maximum absolute atomic E-state index is 11.2. The van der Waals surface area contributed by atoms with E-state index < -0.39 is 27.8 Å². The number of aliphatic carboxylic acids is 2. The average molecular weight is 346 g/mol. The van der Waals surface area contributed by atoms with Crippen molar-refractivity contribution in [2.24, 2.45) is 0 Å². The molecule has 0 aromatic heterocycles. The van der Waals surface area contributed by atoms with Crippen LogP contribution in [-0.2, 0) is 19.7 Å². The van der Waals surface area contributed by atoms with Gasteiger partial charge in [-0.3, -0.25) is 4.55 Å². The molecule has 0 saturated carbocycles. The van der Waals surface area contributed by atoms with E-state index in [1.807, 2.05) is 6.92 Å². The van der Waals surface area contributed by atoms with E-state index in [9.17, 15) is 18.0 Å². The number of unbranched alkanes of at least 4 members (excludes halogenated alkanes) is 3. The van der Waals surface area contributed by atoms with Crippen LogP contribution in [0.4, 0.5) is 0 Å². The van der Waals surface area contributed by atoms with Crippen LogP contribution in [0.15, 0.2) is 11.1 Å². The molecule has 124 valence electrons. The van der Waals surface area contributed by atoms with Gasteiger partial charge in [-0.25, -0.2) is 9.59 Å². The number of hydrogen-bond acceptors (Lipinski definition) is 4. The number of carbonyl (C=O) groups is 2. The molecule has 0 aliphatic heterocycles. The Labute approximate surface area is 152 Å². The van der Waals surface area contributed by atoms with Crippen molar-refractivity contribution >= 4 is 51.6 Å². The van der Waals surface area contributed by atoms with E-state index in [0.717, 1.165) is 19.3 Å². The van der Waals surface area contributed by atoms with E-state index in [1.165, 1.54) is 0 Å². The number of carboxylic acid groups (broad SMARTS) is 2. The Balaban J connectivity index is 0. The second-order valence-corrected chi connectivity index (χ2v) is 6.34. The van der Waals surface area contributed by atoms with Crippen molar-refractivity contribution in [2.75, 3.05) is 5.75 Å². The minimum absolute atomic E-state index is 0. The van der Waals surface area contributed by atoms with Crippen LogP contribution in [0.1, 0.15) is 51.9 Å². The van der Waals surface area contributed by atoms with Crippen LogP contribution in [0.5, 0.6) is 0 Å². The van der Waals surface area contributed by atoms with Crippen molar-refractivity contribution in [1.29, 1.82) is 0 Å². The zero-order chi connectivity index (χ0) is 16.5. The Bertz CT molecular complexity index is 497. The zero-order valence-electron chi connectivity index (χ0n) is 12.0. The molecule has 0 aromatic carbocycles. The summed E-state index contributed by atoms with van der Waals surface area (Å²) in [4.78, 5) is 22.3. The summed E-state index contributed by atoms with van der Waals surface area (Å²) in [6.07, 6.45) is 3.11. The van der Waals surface area contributed by atoms with Gasteiger partial charge in [0.15, 0.2) is 0 Å². The van der Waals surface area contributed by atoms with Gasteiger partial charge in [-0.05, 0) is 25.7 Å². The molecule has 0 aliphatic carbocycles. The molecule has 0 unspecified atom stereocenters. The third kappa shape index (κ3) is 11.2. The second-order valence-electron chi connectivity index (χ2n) is 4.77. The standard InChI is InChI=1S/C13H22O7S.Na.H/c1-2-3-4-5-7-10(12(14)15)11(13(16)17)8-6-9-21(18,19)20;;/h2-9H2,1H3,(H,14,15)(H,16,17)(H,18,19,20);;/b11-10-;;. The monoisotopic (exact) mass is 346 g/mol.